The fourth-order valence-corrected chi connectivity index (χ4v) is 2.16. The van der Waals surface area contributed by atoms with Gasteiger partial charge in [0, 0.05) is 13.0 Å². The maximum absolute atomic E-state index is 11.7. The Balaban J connectivity index is 2.07. The zero-order chi connectivity index (χ0) is 13.7. The minimum atomic E-state index is -1.11. The molecular weight excluding hydrogens is 246 g/mol. The molecule has 1 unspecified atom stereocenters. The van der Waals surface area contributed by atoms with Crippen LogP contribution in [0.1, 0.15) is 12.0 Å². The van der Waals surface area contributed by atoms with Crippen molar-refractivity contribution >= 4 is 5.97 Å². The Morgan fingerprint density at radius 3 is 2.63 bits per heavy atom. The third-order valence-corrected chi connectivity index (χ3v) is 3.50. The average Bonchev–Trinajstić information content (AvgIpc) is 2.38. The number of carbonyl (C=O) groups is 1. The Morgan fingerprint density at radius 1 is 1.47 bits per heavy atom. The fraction of sp³-hybridized carbons (Fsp3) is 0.500. The van der Waals surface area contributed by atoms with E-state index in [-0.39, 0.29) is 6.10 Å². The molecule has 1 saturated heterocycles. The molecule has 1 aromatic rings. The van der Waals surface area contributed by atoms with Crippen LogP contribution in [0.15, 0.2) is 30.3 Å². The number of aliphatic carboxylic acids is 1. The SMILES string of the molecule is CNC(CCOC1COC1)(C(=O)O)c1ccccc1. The number of ether oxygens (including phenoxy) is 2. The molecule has 104 valence electrons. The highest BCUT2D eigenvalue weighted by Crippen LogP contribution is 2.25. The van der Waals surface area contributed by atoms with Crippen molar-refractivity contribution < 1.29 is 19.4 Å². The van der Waals surface area contributed by atoms with Crippen molar-refractivity contribution in [2.24, 2.45) is 0 Å². The lowest BCUT2D eigenvalue weighted by Gasteiger charge is -2.32. The molecule has 1 fully saturated rings. The predicted octanol–water partition coefficient (Wildman–Crippen LogP) is 0.991. The van der Waals surface area contributed by atoms with Crippen molar-refractivity contribution in [1.29, 1.82) is 0 Å². The normalized spacial score (nSPS) is 18.6. The van der Waals surface area contributed by atoms with Gasteiger partial charge in [0.1, 0.15) is 11.6 Å². The van der Waals surface area contributed by atoms with E-state index in [1.807, 2.05) is 30.3 Å². The van der Waals surface area contributed by atoms with E-state index >= 15 is 0 Å². The number of nitrogens with one attached hydrogen (secondary N) is 1. The average molecular weight is 265 g/mol. The van der Waals surface area contributed by atoms with Crippen LogP contribution < -0.4 is 5.32 Å². The van der Waals surface area contributed by atoms with E-state index in [0.29, 0.717) is 26.2 Å². The summed E-state index contributed by atoms with van der Waals surface area (Å²) in [6, 6.07) is 9.18. The molecule has 1 aromatic carbocycles. The number of rotatable bonds is 7. The van der Waals surface area contributed by atoms with Crippen molar-refractivity contribution in [3.63, 3.8) is 0 Å². The van der Waals surface area contributed by atoms with Gasteiger partial charge in [-0.3, -0.25) is 0 Å². The molecule has 0 saturated carbocycles. The second-order valence-corrected chi connectivity index (χ2v) is 4.61. The maximum atomic E-state index is 11.7. The molecule has 0 radical (unpaired) electrons. The first-order valence-corrected chi connectivity index (χ1v) is 6.36. The summed E-state index contributed by atoms with van der Waals surface area (Å²) in [6.07, 6.45) is 0.485. The Hall–Kier alpha value is -1.43. The molecule has 1 aliphatic rings. The van der Waals surface area contributed by atoms with Crippen molar-refractivity contribution in [1.82, 2.24) is 5.32 Å². The third-order valence-electron chi connectivity index (χ3n) is 3.50. The number of hydrogen-bond acceptors (Lipinski definition) is 4. The van der Waals surface area contributed by atoms with Crippen LogP contribution in [0.4, 0.5) is 0 Å². The van der Waals surface area contributed by atoms with E-state index in [0.717, 1.165) is 5.56 Å². The van der Waals surface area contributed by atoms with Crippen molar-refractivity contribution in [3.05, 3.63) is 35.9 Å². The molecule has 1 atom stereocenters. The standard InChI is InChI=1S/C14H19NO4/c1-15-14(13(16)17,11-5-3-2-4-6-11)7-8-19-12-9-18-10-12/h2-6,12,15H,7-10H2,1H3,(H,16,17). The zero-order valence-corrected chi connectivity index (χ0v) is 11.0. The molecule has 5 nitrogen and oxygen atoms in total. The minimum absolute atomic E-state index is 0.110. The van der Waals surface area contributed by atoms with Crippen molar-refractivity contribution in [3.8, 4) is 0 Å². The largest absolute Gasteiger partial charge is 0.480 e. The van der Waals surface area contributed by atoms with Gasteiger partial charge >= 0.3 is 5.97 Å². The Bertz CT molecular complexity index is 419. The van der Waals surface area contributed by atoms with Gasteiger partial charge in [0.25, 0.3) is 0 Å². The second-order valence-electron chi connectivity index (χ2n) is 4.61. The first-order chi connectivity index (χ1) is 9.19. The van der Waals surface area contributed by atoms with Crippen LogP contribution in [0.3, 0.4) is 0 Å². The van der Waals surface area contributed by atoms with Crippen LogP contribution in [0.2, 0.25) is 0 Å². The van der Waals surface area contributed by atoms with E-state index < -0.39 is 11.5 Å². The van der Waals surface area contributed by atoms with Crippen LogP contribution in [0.5, 0.6) is 0 Å². The van der Waals surface area contributed by atoms with E-state index in [4.69, 9.17) is 9.47 Å². The summed E-state index contributed by atoms with van der Waals surface area (Å²) >= 11 is 0. The summed E-state index contributed by atoms with van der Waals surface area (Å²) in [4.78, 5) is 11.7. The molecular formula is C14H19NO4. The minimum Gasteiger partial charge on any atom is -0.480 e. The van der Waals surface area contributed by atoms with Crippen molar-refractivity contribution in [2.75, 3.05) is 26.9 Å². The highest BCUT2D eigenvalue weighted by Gasteiger charge is 2.38. The molecule has 5 heteroatoms. The summed E-state index contributed by atoms with van der Waals surface area (Å²) in [5.41, 5.74) is -0.371. The molecule has 0 spiro atoms. The fourth-order valence-electron chi connectivity index (χ4n) is 2.16. The van der Waals surface area contributed by atoms with Crippen LogP contribution >= 0.6 is 0 Å². The second kappa shape index (κ2) is 6.14. The predicted molar refractivity (Wildman–Crippen MR) is 70.0 cm³/mol. The number of carboxylic acid groups (broad SMARTS) is 1. The number of carboxylic acids is 1. The van der Waals surface area contributed by atoms with Gasteiger partial charge in [0.05, 0.1) is 13.2 Å². The molecule has 0 bridgehead atoms. The molecule has 1 heterocycles. The molecule has 2 N–H and O–H groups in total. The van der Waals surface area contributed by atoms with Crippen LogP contribution in [-0.4, -0.2) is 44.0 Å². The monoisotopic (exact) mass is 265 g/mol. The highest BCUT2D eigenvalue weighted by atomic mass is 16.6. The highest BCUT2D eigenvalue weighted by molar-refractivity contribution is 5.80. The van der Waals surface area contributed by atoms with Gasteiger partial charge in [-0.1, -0.05) is 30.3 Å². The van der Waals surface area contributed by atoms with Gasteiger partial charge in [-0.25, -0.2) is 4.79 Å². The summed E-state index contributed by atoms with van der Waals surface area (Å²) in [6.45, 7) is 1.59. The Kier molecular flexibility index (Phi) is 4.52. The van der Waals surface area contributed by atoms with Crippen LogP contribution in [-0.2, 0) is 19.8 Å². The van der Waals surface area contributed by atoms with E-state index in [2.05, 4.69) is 5.32 Å². The van der Waals surface area contributed by atoms with Crippen LogP contribution in [0.25, 0.3) is 0 Å². The summed E-state index contributed by atoms with van der Waals surface area (Å²) in [5, 5.41) is 12.5. The number of hydrogen-bond donors (Lipinski definition) is 2. The first kappa shape index (κ1) is 14.0. The smallest absolute Gasteiger partial charge is 0.328 e. The summed E-state index contributed by atoms with van der Waals surface area (Å²) in [5.74, 6) is -0.894. The van der Waals surface area contributed by atoms with Crippen molar-refractivity contribution in [2.45, 2.75) is 18.1 Å². The van der Waals surface area contributed by atoms with E-state index in [1.165, 1.54) is 0 Å². The summed E-state index contributed by atoms with van der Waals surface area (Å²) in [7, 11) is 1.66. The van der Waals surface area contributed by atoms with Crippen LogP contribution in [0, 0.1) is 0 Å². The quantitative estimate of drug-likeness (QED) is 0.769. The summed E-state index contributed by atoms with van der Waals surface area (Å²) < 4.78 is 10.6. The number of likely N-dealkylation sites (N-methyl/N-ethyl adjacent to an activating group) is 1. The molecule has 0 amide bonds. The number of benzene rings is 1. The topological polar surface area (TPSA) is 67.8 Å². The van der Waals surface area contributed by atoms with E-state index in [9.17, 15) is 9.90 Å². The lowest BCUT2D eigenvalue weighted by Crippen LogP contribution is -2.49. The van der Waals surface area contributed by atoms with Gasteiger partial charge in [-0.05, 0) is 12.6 Å². The molecule has 0 aromatic heterocycles. The Labute approximate surface area is 112 Å². The van der Waals surface area contributed by atoms with Gasteiger partial charge in [-0.15, -0.1) is 0 Å². The van der Waals surface area contributed by atoms with E-state index in [1.54, 1.807) is 7.05 Å². The lowest BCUT2D eigenvalue weighted by atomic mass is 9.87. The van der Waals surface area contributed by atoms with Gasteiger partial charge in [0.15, 0.2) is 0 Å². The molecule has 19 heavy (non-hydrogen) atoms. The molecule has 2 rings (SSSR count). The van der Waals surface area contributed by atoms with Gasteiger partial charge < -0.3 is 19.9 Å². The Morgan fingerprint density at radius 2 is 2.16 bits per heavy atom. The van der Waals surface area contributed by atoms with Gasteiger partial charge in [-0.2, -0.15) is 0 Å². The molecule has 0 aliphatic carbocycles. The zero-order valence-electron chi connectivity index (χ0n) is 11.0. The van der Waals surface area contributed by atoms with Gasteiger partial charge in [0.2, 0.25) is 0 Å². The molecule has 1 aliphatic heterocycles. The first-order valence-electron chi connectivity index (χ1n) is 6.36. The third kappa shape index (κ3) is 2.94. The maximum Gasteiger partial charge on any atom is 0.328 e. The lowest BCUT2D eigenvalue weighted by molar-refractivity contribution is -0.150.